The number of phenols is 1. The second-order valence-electron chi connectivity index (χ2n) is 4.43. The molecule has 1 heterocycles. The number of nitrogens with one attached hydrogen (secondary N) is 1. The quantitative estimate of drug-likeness (QED) is 0.756. The average molecular weight is 270 g/mol. The van der Waals surface area contributed by atoms with Crippen molar-refractivity contribution in [1.82, 2.24) is 5.32 Å². The van der Waals surface area contributed by atoms with Crippen molar-refractivity contribution in [2.45, 2.75) is 25.3 Å². The van der Waals surface area contributed by atoms with Crippen molar-refractivity contribution in [1.29, 1.82) is 0 Å². The van der Waals surface area contributed by atoms with Crippen LogP contribution in [0.2, 0.25) is 0 Å². The second-order valence-corrected chi connectivity index (χ2v) is 4.43. The van der Waals surface area contributed by atoms with Crippen LogP contribution in [0.25, 0.3) is 0 Å². The van der Waals surface area contributed by atoms with Crippen molar-refractivity contribution in [3.05, 3.63) is 29.3 Å². The van der Waals surface area contributed by atoms with E-state index in [1.807, 2.05) is 6.07 Å². The summed E-state index contributed by atoms with van der Waals surface area (Å²) in [6, 6.07) is 6.52. The highest BCUT2D eigenvalue weighted by Crippen LogP contribution is 2.34. The van der Waals surface area contributed by atoms with Crippen LogP contribution in [0.4, 0.5) is 0 Å². The van der Waals surface area contributed by atoms with Gasteiger partial charge in [-0.3, -0.25) is 0 Å². The lowest BCUT2D eigenvalue weighted by Gasteiger charge is -2.27. The summed E-state index contributed by atoms with van der Waals surface area (Å²) in [6.45, 7) is 1.14. The van der Waals surface area contributed by atoms with Crippen molar-refractivity contribution in [2.75, 3.05) is 6.54 Å². The molecule has 3 rings (SSSR count). The molecule has 3 heteroatoms. The second kappa shape index (κ2) is 4.14. The van der Waals surface area contributed by atoms with Gasteiger partial charge in [-0.05, 0) is 48.9 Å². The Kier molecular flexibility index (Phi) is 3.03. The van der Waals surface area contributed by atoms with Gasteiger partial charge in [0.25, 0.3) is 0 Å². The maximum absolute atomic E-state index is 9.75. The van der Waals surface area contributed by atoms with E-state index in [2.05, 4.69) is 11.4 Å². The third-order valence-electron chi connectivity index (χ3n) is 3.65. The summed E-state index contributed by atoms with van der Waals surface area (Å²) >= 11 is 0. The van der Waals surface area contributed by atoms with E-state index in [1.54, 1.807) is 6.07 Å². The number of halogens is 1. The zero-order valence-corrected chi connectivity index (χ0v) is 10.3. The zero-order valence-electron chi connectivity index (χ0n) is 8.57. The van der Waals surface area contributed by atoms with E-state index >= 15 is 0 Å². The van der Waals surface area contributed by atoms with Gasteiger partial charge in [0.05, 0.1) is 0 Å². The number of hydrogen-bond donors (Lipinski definition) is 2. The van der Waals surface area contributed by atoms with Gasteiger partial charge in [-0.1, -0.05) is 12.1 Å². The summed E-state index contributed by atoms with van der Waals surface area (Å²) in [5.74, 6) is 1.28. The van der Waals surface area contributed by atoms with Crippen LogP contribution < -0.4 is 5.32 Å². The van der Waals surface area contributed by atoms with Crippen molar-refractivity contribution in [3.8, 4) is 5.75 Å². The molecule has 0 unspecified atom stereocenters. The van der Waals surface area contributed by atoms with Gasteiger partial charge in [0.2, 0.25) is 0 Å². The van der Waals surface area contributed by atoms with Gasteiger partial charge in [0.1, 0.15) is 5.75 Å². The molecule has 2 N–H and O–H groups in total. The first-order chi connectivity index (χ1) is 6.84. The molecule has 0 bridgehead atoms. The highest BCUT2D eigenvalue weighted by molar-refractivity contribution is 8.93. The van der Waals surface area contributed by atoms with Crippen molar-refractivity contribution >= 4 is 17.0 Å². The summed E-state index contributed by atoms with van der Waals surface area (Å²) in [7, 11) is 0. The molecule has 0 spiro atoms. The van der Waals surface area contributed by atoms with Crippen LogP contribution in [0, 0.1) is 5.92 Å². The van der Waals surface area contributed by atoms with E-state index in [1.165, 1.54) is 17.5 Å². The predicted molar refractivity (Wildman–Crippen MR) is 65.7 cm³/mol. The Morgan fingerprint density at radius 1 is 1.27 bits per heavy atom. The Labute approximate surface area is 100 Å². The topological polar surface area (TPSA) is 32.3 Å². The lowest BCUT2D eigenvalue weighted by Crippen LogP contribution is -2.34. The molecule has 1 aliphatic carbocycles. The molecule has 0 aromatic heterocycles. The van der Waals surface area contributed by atoms with E-state index in [4.69, 9.17) is 0 Å². The smallest absolute Gasteiger partial charge is 0.119 e. The fraction of sp³-hybridized carbons (Fsp3) is 0.500. The van der Waals surface area contributed by atoms with Crippen LogP contribution in [0.5, 0.6) is 5.75 Å². The molecule has 82 valence electrons. The normalized spacial score (nSPS) is 27.7. The van der Waals surface area contributed by atoms with E-state index < -0.39 is 0 Å². The van der Waals surface area contributed by atoms with Gasteiger partial charge >= 0.3 is 0 Å². The van der Waals surface area contributed by atoms with Crippen LogP contribution in [-0.4, -0.2) is 17.7 Å². The fourth-order valence-electron chi connectivity index (χ4n) is 2.86. The van der Waals surface area contributed by atoms with Gasteiger partial charge in [-0.25, -0.2) is 0 Å². The van der Waals surface area contributed by atoms with Gasteiger partial charge in [0.15, 0.2) is 0 Å². The van der Waals surface area contributed by atoms with Crippen LogP contribution in [0.1, 0.15) is 17.5 Å². The zero-order chi connectivity index (χ0) is 9.54. The molecule has 15 heavy (non-hydrogen) atoms. The largest absolute Gasteiger partial charge is 0.508 e. The molecule has 1 fully saturated rings. The highest BCUT2D eigenvalue weighted by atomic mass is 79.9. The minimum absolute atomic E-state index is 0. The summed E-state index contributed by atoms with van der Waals surface area (Å²) in [5.41, 5.74) is 2.53. The Balaban J connectivity index is 0.000000853. The summed E-state index contributed by atoms with van der Waals surface area (Å²) in [6.07, 6.45) is 3.44. The van der Waals surface area contributed by atoms with Gasteiger partial charge in [-0.15, -0.1) is 17.0 Å². The lowest BCUT2D eigenvalue weighted by molar-refractivity contribution is 0.399. The molecule has 1 aromatic rings. The third-order valence-corrected chi connectivity index (χ3v) is 3.65. The minimum Gasteiger partial charge on any atom is -0.508 e. The molecular formula is C12H16BrNO. The Hall–Kier alpha value is -0.540. The first-order valence-electron chi connectivity index (χ1n) is 5.38. The van der Waals surface area contributed by atoms with E-state index in [0.717, 1.165) is 25.3 Å². The van der Waals surface area contributed by atoms with Crippen molar-refractivity contribution in [2.24, 2.45) is 5.92 Å². The maximum atomic E-state index is 9.75. The minimum atomic E-state index is 0. The third kappa shape index (κ3) is 1.79. The van der Waals surface area contributed by atoms with E-state index in [9.17, 15) is 5.11 Å². The number of phenolic OH excluding ortho intramolecular Hbond substituents is 1. The number of aromatic hydroxyl groups is 1. The van der Waals surface area contributed by atoms with Crippen molar-refractivity contribution in [3.63, 3.8) is 0 Å². The molecule has 2 aliphatic rings. The molecule has 0 amide bonds. The summed E-state index contributed by atoms with van der Waals surface area (Å²) < 4.78 is 0. The van der Waals surface area contributed by atoms with Gasteiger partial charge in [0, 0.05) is 6.04 Å². The number of fused-ring (bicyclic) bond motifs is 2. The van der Waals surface area contributed by atoms with E-state index in [-0.39, 0.29) is 17.0 Å². The molecule has 1 aromatic carbocycles. The number of hydrogen-bond acceptors (Lipinski definition) is 2. The van der Waals surface area contributed by atoms with Crippen LogP contribution in [0.3, 0.4) is 0 Å². The first-order valence-corrected chi connectivity index (χ1v) is 5.38. The average Bonchev–Trinajstić information content (AvgIpc) is 2.62. The molecule has 0 radical (unpaired) electrons. The number of benzene rings is 1. The van der Waals surface area contributed by atoms with Crippen LogP contribution >= 0.6 is 17.0 Å². The Morgan fingerprint density at radius 3 is 3.00 bits per heavy atom. The van der Waals surface area contributed by atoms with E-state index in [0.29, 0.717) is 11.8 Å². The molecule has 1 aliphatic heterocycles. The highest BCUT2D eigenvalue weighted by Gasteiger charge is 2.32. The van der Waals surface area contributed by atoms with Crippen molar-refractivity contribution < 1.29 is 5.11 Å². The summed E-state index contributed by atoms with van der Waals surface area (Å²) in [4.78, 5) is 0. The Bertz CT molecular complexity index is 367. The molecule has 0 saturated carbocycles. The molecule has 2 atom stereocenters. The predicted octanol–water partition coefficient (Wildman–Crippen LogP) is 2.05. The Morgan fingerprint density at radius 2 is 2.13 bits per heavy atom. The lowest BCUT2D eigenvalue weighted by atomic mass is 9.80. The summed E-state index contributed by atoms with van der Waals surface area (Å²) in [5, 5.41) is 13.3. The van der Waals surface area contributed by atoms with Gasteiger partial charge in [-0.2, -0.15) is 0 Å². The van der Waals surface area contributed by atoms with Gasteiger partial charge < -0.3 is 10.4 Å². The SMILES string of the molecule is Br.Oc1cccc2c1C[C@@H]1NCC[C@@H]1C2. The standard InChI is InChI=1S/C12H15NO.BrH/c14-12-3-1-2-8-6-9-4-5-13-11(9)7-10(8)12;/h1-3,9,11,13-14H,4-7H2;1H/t9-,11+;/m1./s1. The molecular weight excluding hydrogens is 254 g/mol. The van der Waals surface area contributed by atoms with Crippen LogP contribution in [-0.2, 0) is 12.8 Å². The van der Waals surface area contributed by atoms with Crippen LogP contribution in [0.15, 0.2) is 18.2 Å². The molecule has 2 nitrogen and oxygen atoms in total. The number of rotatable bonds is 0. The monoisotopic (exact) mass is 269 g/mol. The molecule has 1 saturated heterocycles. The fourth-order valence-corrected chi connectivity index (χ4v) is 2.86. The first kappa shape index (κ1) is 11.0. The maximum Gasteiger partial charge on any atom is 0.119 e.